The normalized spacial score (nSPS) is 8.84. The molecule has 2 aromatic heterocycles. The molecular weight excluding hydrogens is 381 g/mol. The summed E-state index contributed by atoms with van der Waals surface area (Å²) in [6.07, 6.45) is 6.64. The molecule has 0 fully saturated rings. The zero-order chi connectivity index (χ0) is 14.3. The summed E-state index contributed by atoms with van der Waals surface area (Å²) in [5, 5.41) is 17.0. The van der Waals surface area contributed by atoms with Crippen LogP contribution < -0.4 is 0 Å². The van der Waals surface area contributed by atoms with Crippen LogP contribution in [0.1, 0.15) is 11.1 Å². The quantitative estimate of drug-likeness (QED) is 0.767. The molecule has 19 heavy (non-hydrogen) atoms. The van der Waals surface area contributed by atoms with Gasteiger partial charge in [0.15, 0.2) is 0 Å². The standard InChI is InChI=1S/2C6H7NO.2ClH.Pd/c2*8-5-6-2-1-3-7-4-6;;;/h2*1-4,8H,5H2;2*1H;/q;;;;+2/p-2. The second kappa shape index (κ2) is 13.9. The number of hydrogen-bond donors (Lipinski definition) is 2. The molecule has 2 rings (SSSR count). The molecule has 7 heteroatoms. The Morgan fingerprint density at radius 1 is 0.895 bits per heavy atom. The summed E-state index contributed by atoms with van der Waals surface area (Å²) in [6.45, 7) is 0.154. The molecule has 0 atom stereocenters. The predicted molar refractivity (Wildman–Crippen MR) is 72.0 cm³/mol. The fraction of sp³-hybridized carbons (Fsp3) is 0.167. The molecule has 0 aliphatic heterocycles. The van der Waals surface area contributed by atoms with Gasteiger partial charge in [0.25, 0.3) is 0 Å². The minimum atomic E-state index is -0.106. The number of aromatic nitrogens is 2. The molecule has 0 saturated carbocycles. The third-order valence-electron chi connectivity index (χ3n) is 1.81. The fourth-order valence-corrected chi connectivity index (χ4v) is 0.983. The van der Waals surface area contributed by atoms with Crippen LogP contribution in [0.5, 0.6) is 0 Å². The summed E-state index contributed by atoms with van der Waals surface area (Å²) in [5.74, 6) is 0. The van der Waals surface area contributed by atoms with E-state index in [9.17, 15) is 0 Å². The van der Waals surface area contributed by atoms with Gasteiger partial charge >= 0.3 is 35.0 Å². The van der Waals surface area contributed by atoms with Crippen LogP contribution in [0.2, 0.25) is 0 Å². The average Bonchev–Trinajstić information content (AvgIpc) is 2.50. The van der Waals surface area contributed by atoms with Crippen LogP contribution in [0.15, 0.2) is 49.1 Å². The Balaban J connectivity index is 0.000000284. The van der Waals surface area contributed by atoms with Crippen LogP contribution in [0, 0.1) is 0 Å². The Kier molecular flexibility index (Phi) is 13.5. The van der Waals surface area contributed by atoms with E-state index >= 15 is 0 Å². The maximum absolute atomic E-state index is 8.50. The van der Waals surface area contributed by atoms with Crippen LogP contribution in [0.25, 0.3) is 0 Å². The molecule has 2 N–H and O–H groups in total. The van der Waals surface area contributed by atoms with Gasteiger partial charge in [-0.25, -0.2) is 0 Å². The van der Waals surface area contributed by atoms with Gasteiger partial charge in [-0.3, -0.25) is 9.97 Å². The molecule has 0 bridgehead atoms. The maximum atomic E-state index is 8.50. The van der Waals surface area contributed by atoms with Gasteiger partial charge in [0.2, 0.25) is 0 Å². The molecule has 0 spiro atoms. The molecule has 0 radical (unpaired) electrons. The molecule has 4 nitrogen and oxygen atoms in total. The van der Waals surface area contributed by atoms with Crippen molar-refractivity contribution in [3.05, 3.63) is 60.2 Å². The molecule has 0 aliphatic rings. The number of hydrogen-bond acceptors (Lipinski definition) is 4. The molecule has 0 aromatic carbocycles. The first kappa shape index (κ1) is 18.5. The van der Waals surface area contributed by atoms with Gasteiger partial charge in [-0.15, -0.1) is 0 Å². The van der Waals surface area contributed by atoms with Gasteiger partial charge in [-0.2, -0.15) is 0 Å². The Labute approximate surface area is 128 Å². The number of aliphatic hydroxyl groups excluding tert-OH is 2. The fourth-order valence-electron chi connectivity index (χ4n) is 0.983. The van der Waals surface area contributed by atoms with Crippen LogP contribution in [0.3, 0.4) is 0 Å². The van der Waals surface area contributed by atoms with E-state index in [1.807, 2.05) is 12.1 Å². The van der Waals surface area contributed by atoms with Crippen molar-refractivity contribution in [2.24, 2.45) is 0 Å². The van der Waals surface area contributed by atoms with Gasteiger partial charge in [-0.05, 0) is 23.3 Å². The van der Waals surface area contributed by atoms with E-state index in [1.54, 1.807) is 36.9 Å². The van der Waals surface area contributed by atoms with E-state index < -0.39 is 0 Å². The van der Waals surface area contributed by atoms with E-state index in [2.05, 4.69) is 9.97 Å². The van der Waals surface area contributed by atoms with Gasteiger partial charge in [-0.1, -0.05) is 12.1 Å². The summed E-state index contributed by atoms with van der Waals surface area (Å²) in [7, 11) is 9.63. The summed E-state index contributed by atoms with van der Waals surface area (Å²) < 4.78 is 0. The number of halogens is 2. The summed E-state index contributed by atoms with van der Waals surface area (Å²) in [6, 6.07) is 7.25. The minimum absolute atomic E-state index is 0.0772. The molecule has 2 aromatic rings. The van der Waals surface area contributed by atoms with Crippen molar-refractivity contribution in [2.45, 2.75) is 13.2 Å². The van der Waals surface area contributed by atoms with Crippen molar-refractivity contribution < 1.29 is 26.2 Å². The summed E-state index contributed by atoms with van der Waals surface area (Å²) in [5.41, 5.74) is 1.71. The molecule has 0 saturated heterocycles. The van der Waals surface area contributed by atoms with Crippen LogP contribution in [0.4, 0.5) is 0 Å². The Hall–Kier alpha value is -0.538. The second-order valence-electron chi connectivity index (χ2n) is 3.08. The average molecular weight is 396 g/mol. The van der Waals surface area contributed by atoms with Crippen molar-refractivity contribution in [3.8, 4) is 0 Å². The Morgan fingerprint density at radius 2 is 1.26 bits per heavy atom. The van der Waals surface area contributed by atoms with Gasteiger partial charge in [0.05, 0.1) is 13.2 Å². The molecule has 0 amide bonds. The predicted octanol–water partition coefficient (Wildman–Crippen LogP) is 2.52. The van der Waals surface area contributed by atoms with Crippen molar-refractivity contribution in [1.82, 2.24) is 9.97 Å². The van der Waals surface area contributed by atoms with E-state index in [1.165, 1.54) is 0 Å². The summed E-state index contributed by atoms with van der Waals surface area (Å²) in [4.78, 5) is 7.59. The first-order chi connectivity index (χ1) is 9.28. The third-order valence-corrected chi connectivity index (χ3v) is 1.81. The zero-order valence-electron chi connectivity index (χ0n) is 9.89. The van der Waals surface area contributed by atoms with E-state index in [0.29, 0.717) is 0 Å². The van der Waals surface area contributed by atoms with E-state index in [0.717, 1.165) is 11.1 Å². The van der Waals surface area contributed by atoms with Crippen molar-refractivity contribution in [1.29, 1.82) is 0 Å². The molecule has 0 unspecified atom stereocenters. The molecular formula is C12H14Cl2N2O2Pd. The van der Waals surface area contributed by atoms with E-state index in [4.69, 9.17) is 29.3 Å². The number of rotatable bonds is 2. The van der Waals surface area contributed by atoms with Crippen LogP contribution in [-0.2, 0) is 29.2 Å². The van der Waals surface area contributed by atoms with Gasteiger partial charge in [0, 0.05) is 24.8 Å². The Bertz CT molecular complexity index is 367. The number of nitrogens with zero attached hydrogens (tertiary/aromatic N) is 2. The Morgan fingerprint density at radius 3 is 1.42 bits per heavy atom. The van der Waals surface area contributed by atoms with E-state index in [-0.39, 0.29) is 29.2 Å². The molecule has 0 aliphatic carbocycles. The van der Waals surface area contributed by atoms with Gasteiger partial charge in [0.1, 0.15) is 0 Å². The van der Waals surface area contributed by atoms with Gasteiger partial charge < -0.3 is 10.2 Å². The van der Waals surface area contributed by atoms with Crippen molar-refractivity contribution in [3.63, 3.8) is 0 Å². The van der Waals surface area contributed by atoms with Crippen LogP contribution >= 0.6 is 19.1 Å². The topological polar surface area (TPSA) is 66.2 Å². The second-order valence-corrected chi connectivity index (χ2v) is 5.44. The van der Waals surface area contributed by atoms with Crippen molar-refractivity contribution >= 4 is 19.1 Å². The first-order valence-corrected chi connectivity index (χ1v) is 9.10. The first-order valence-electron chi connectivity index (χ1n) is 5.10. The number of pyridine rings is 2. The molecule has 2 heterocycles. The monoisotopic (exact) mass is 394 g/mol. The van der Waals surface area contributed by atoms with Crippen molar-refractivity contribution in [2.75, 3.05) is 0 Å². The number of aliphatic hydroxyl groups is 2. The third kappa shape index (κ3) is 11.0. The SMILES string of the molecule is OCc1cccnc1.OCc1cccnc1.[Cl][Pd][Cl]. The molecule has 108 valence electrons. The summed E-state index contributed by atoms with van der Waals surface area (Å²) >= 11 is -0.106. The van der Waals surface area contributed by atoms with Crippen LogP contribution in [-0.4, -0.2) is 20.2 Å². The zero-order valence-corrected chi connectivity index (χ0v) is 13.0.